The average Bonchev–Trinajstić information content (AvgIpc) is 2.44. The van der Waals surface area contributed by atoms with Gasteiger partial charge in [-0.2, -0.15) is 0 Å². The molecule has 20 heavy (non-hydrogen) atoms. The Labute approximate surface area is 118 Å². The molecule has 0 bridgehead atoms. The largest absolute Gasteiger partial charge is 0.346 e. The van der Waals surface area contributed by atoms with Gasteiger partial charge in [0, 0.05) is 6.54 Å². The van der Waals surface area contributed by atoms with E-state index in [4.69, 9.17) is 0 Å². The van der Waals surface area contributed by atoms with Crippen LogP contribution in [0.15, 0.2) is 60.7 Å². The summed E-state index contributed by atoms with van der Waals surface area (Å²) in [4.78, 5) is 19.0. The van der Waals surface area contributed by atoms with Crippen molar-refractivity contribution < 1.29 is 14.4 Å². The second-order valence-corrected chi connectivity index (χ2v) is 6.29. The lowest BCUT2D eigenvalue weighted by atomic mass is 10.1. The number of hydrogen-bond donors (Lipinski definition) is 3. The lowest BCUT2D eigenvalue weighted by Gasteiger charge is -2.20. The first-order chi connectivity index (χ1) is 9.57. The Morgan fingerprint density at radius 2 is 1.50 bits per heavy atom. The van der Waals surface area contributed by atoms with E-state index in [0.29, 0.717) is 12.1 Å². The fraction of sp³-hybridized carbons (Fsp3) is 0.200. The van der Waals surface area contributed by atoms with Crippen LogP contribution in [0.1, 0.15) is 16.9 Å². The fourth-order valence-electron chi connectivity index (χ4n) is 2.06. The van der Waals surface area contributed by atoms with Gasteiger partial charge in [-0.05, 0) is 17.5 Å². The molecule has 0 aliphatic carbocycles. The van der Waals surface area contributed by atoms with Crippen LogP contribution in [0, 0.1) is 0 Å². The van der Waals surface area contributed by atoms with E-state index >= 15 is 0 Å². The van der Waals surface area contributed by atoms with Crippen molar-refractivity contribution in [2.45, 2.75) is 12.2 Å². The van der Waals surface area contributed by atoms with E-state index in [1.54, 1.807) is 24.3 Å². The molecule has 1 atom stereocenters. The molecule has 3 N–H and O–H groups in total. The average molecular weight is 291 g/mol. The molecular weight excluding hydrogens is 273 g/mol. The van der Waals surface area contributed by atoms with E-state index in [0.717, 1.165) is 12.0 Å². The van der Waals surface area contributed by atoms with Crippen molar-refractivity contribution in [2.24, 2.45) is 0 Å². The molecule has 0 fully saturated rings. The first-order valence-corrected chi connectivity index (χ1v) is 8.13. The van der Waals surface area contributed by atoms with Gasteiger partial charge in [0.15, 0.2) is 0 Å². The Kier molecular flexibility index (Phi) is 5.10. The summed E-state index contributed by atoms with van der Waals surface area (Å²) in [6.07, 6.45) is 0.726. The van der Waals surface area contributed by atoms with Gasteiger partial charge >= 0.3 is 7.60 Å². The van der Waals surface area contributed by atoms with E-state index in [2.05, 4.69) is 5.32 Å². The molecule has 0 heterocycles. The molecule has 2 aromatic carbocycles. The summed E-state index contributed by atoms with van der Waals surface area (Å²) in [6.45, 7) is 0.509. The van der Waals surface area contributed by atoms with Crippen LogP contribution in [0.4, 0.5) is 0 Å². The van der Waals surface area contributed by atoms with E-state index in [-0.39, 0.29) is 0 Å². The fourth-order valence-corrected chi connectivity index (χ4v) is 2.99. The van der Waals surface area contributed by atoms with Gasteiger partial charge < -0.3 is 9.79 Å². The molecule has 0 aromatic heterocycles. The minimum atomic E-state index is -4.23. The monoisotopic (exact) mass is 291 g/mol. The summed E-state index contributed by atoms with van der Waals surface area (Å²) in [6, 6.07) is 18.7. The second kappa shape index (κ2) is 6.82. The Balaban J connectivity index is 2.01. The molecular formula is C15H18NO3P. The zero-order valence-corrected chi connectivity index (χ0v) is 11.9. The first-order valence-electron chi connectivity index (χ1n) is 6.45. The Bertz CT molecular complexity index is 568. The van der Waals surface area contributed by atoms with Crippen molar-refractivity contribution >= 4 is 7.60 Å². The summed E-state index contributed by atoms with van der Waals surface area (Å²) in [5, 5.41) is 2.96. The zero-order valence-electron chi connectivity index (χ0n) is 11.0. The molecule has 0 aliphatic rings. The summed E-state index contributed by atoms with van der Waals surface area (Å²) in [5.41, 5.74) is 1.74. The van der Waals surface area contributed by atoms with Crippen molar-refractivity contribution in [3.05, 3.63) is 71.8 Å². The number of hydrogen-bond acceptors (Lipinski definition) is 2. The van der Waals surface area contributed by atoms with Gasteiger partial charge in [-0.3, -0.25) is 9.88 Å². The molecule has 0 amide bonds. The van der Waals surface area contributed by atoms with Gasteiger partial charge in [0.2, 0.25) is 0 Å². The van der Waals surface area contributed by atoms with Crippen LogP contribution in [0.25, 0.3) is 0 Å². The quantitative estimate of drug-likeness (QED) is 0.716. The van der Waals surface area contributed by atoms with Crippen molar-refractivity contribution in [3.63, 3.8) is 0 Å². The summed E-state index contributed by atoms with van der Waals surface area (Å²) >= 11 is 0. The molecule has 2 aromatic rings. The van der Waals surface area contributed by atoms with Crippen molar-refractivity contribution in [1.82, 2.24) is 5.32 Å². The van der Waals surface area contributed by atoms with Crippen LogP contribution < -0.4 is 5.32 Å². The number of benzene rings is 2. The molecule has 0 saturated heterocycles. The SMILES string of the molecule is O=P(O)(O)[C@H](NCCc1ccccc1)c1ccccc1. The van der Waals surface area contributed by atoms with Crippen LogP contribution in [0.2, 0.25) is 0 Å². The molecule has 0 unspecified atom stereocenters. The highest BCUT2D eigenvalue weighted by atomic mass is 31.2. The summed E-state index contributed by atoms with van der Waals surface area (Å²) in [5.74, 6) is -0.951. The highest BCUT2D eigenvalue weighted by molar-refractivity contribution is 7.52. The molecule has 0 saturated carbocycles. The molecule has 0 aliphatic heterocycles. The van der Waals surface area contributed by atoms with Gasteiger partial charge in [-0.25, -0.2) is 0 Å². The third-order valence-corrected chi connectivity index (χ3v) is 4.20. The van der Waals surface area contributed by atoms with Crippen LogP contribution >= 0.6 is 7.60 Å². The molecule has 2 rings (SSSR count). The maximum Gasteiger partial charge on any atom is 0.346 e. The van der Waals surface area contributed by atoms with Gasteiger partial charge in [0.05, 0.1) is 0 Å². The highest BCUT2D eigenvalue weighted by Gasteiger charge is 2.29. The highest BCUT2D eigenvalue weighted by Crippen LogP contribution is 2.49. The smallest absolute Gasteiger partial charge is 0.323 e. The predicted octanol–water partition coefficient (Wildman–Crippen LogP) is 2.70. The van der Waals surface area contributed by atoms with Crippen LogP contribution in [0.5, 0.6) is 0 Å². The lowest BCUT2D eigenvalue weighted by Crippen LogP contribution is -2.23. The number of nitrogens with one attached hydrogen (secondary N) is 1. The van der Waals surface area contributed by atoms with Gasteiger partial charge in [0.1, 0.15) is 5.78 Å². The van der Waals surface area contributed by atoms with Gasteiger partial charge in [0.25, 0.3) is 0 Å². The first kappa shape index (κ1) is 14.9. The molecule has 4 nitrogen and oxygen atoms in total. The molecule has 0 spiro atoms. The minimum Gasteiger partial charge on any atom is -0.323 e. The maximum atomic E-state index is 11.6. The van der Waals surface area contributed by atoms with Crippen LogP contribution in [-0.4, -0.2) is 16.3 Å². The van der Waals surface area contributed by atoms with Crippen molar-refractivity contribution in [2.75, 3.05) is 6.54 Å². The summed E-state index contributed by atoms with van der Waals surface area (Å²) in [7, 11) is -4.23. The minimum absolute atomic E-state index is 0.509. The Morgan fingerprint density at radius 1 is 0.950 bits per heavy atom. The standard InChI is InChI=1S/C15H18NO3P/c17-20(18,19)15(14-9-5-2-6-10-14)16-12-11-13-7-3-1-4-8-13/h1-10,15-16H,11-12H2,(H2,17,18,19)/t15-/m0/s1. The Hall–Kier alpha value is -1.45. The lowest BCUT2D eigenvalue weighted by molar-refractivity contribution is 0.348. The maximum absolute atomic E-state index is 11.6. The third-order valence-electron chi connectivity index (χ3n) is 3.05. The van der Waals surface area contributed by atoms with Crippen molar-refractivity contribution in [1.29, 1.82) is 0 Å². The second-order valence-electron chi connectivity index (χ2n) is 4.59. The van der Waals surface area contributed by atoms with E-state index in [1.807, 2.05) is 36.4 Å². The molecule has 106 valence electrons. The van der Waals surface area contributed by atoms with Crippen LogP contribution in [-0.2, 0) is 11.0 Å². The summed E-state index contributed by atoms with van der Waals surface area (Å²) < 4.78 is 11.6. The van der Waals surface area contributed by atoms with Gasteiger partial charge in [-0.15, -0.1) is 0 Å². The van der Waals surface area contributed by atoms with Crippen LogP contribution in [0.3, 0.4) is 0 Å². The third kappa shape index (κ3) is 4.29. The van der Waals surface area contributed by atoms with Crippen molar-refractivity contribution in [3.8, 4) is 0 Å². The normalized spacial score (nSPS) is 13.1. The van der Waals surface area contributed by atoms with E-state index < -0.39 is 13.4 Å². The molecule has 5 heteroatoms. The van der Waals surface area contributed by atoms with E-state index in [1.165, 1.54) is 0 Å². The topological polar surface area (TPSA) is 69.6 Å². The van der Waals surface area contributed by atoms with E-state index in [9.17, 15) is 14.4 Å². The van der Waals surface area contributed by atoms with Gasteiger partial charge in [-0.1, -0.05) is 60.7 Å². The predicted molar refractivity (Wildman–Crippen MR) is 79.4 cm³/mol. The molecule has 0 radical (unpaired) electrons. The Morgan fingerprint density at radius 3 is 2.05 bits per heavy atom. The number of rotatable bonds is 6. The zero-order chi connectivity index (χ0) is 14.4.